The van der Waals surface area contributed by atoms with Gasteiger partial charge in [0.2, 0.25) is 11.8 Å². The van der Waals surface area contributed by atoms with E-state index in [0.29, 0.717) is 19.7 Å². The van der Waals surface area contributed by atoms with Gasteiger partial charge >= 0.3 is 0 Å². The summed E-state index contributed by atoms with van der Waals surface area (Å²) in [5.41, 5.74) is 1.00. The predicted octanol–water partition coefficient (Wildman–Crippen LogP) is -0.493. The molecule has 1 fully saturated rings. The molecule has 1 aromatic heterocycles. The molecule has 0 aromatic carbocycles. The second-order valence-corrected chi connectivity index (χ2v) is 5.64. The Morgan fingerprint density at radius 3 is 3.00 bits per heavy atom. The summed E-state index contributed by atoms with van der Waals surface area (Å²) in [6, 6.07) is 0. The Morgan fingerprint density at radius 2 is 2.32 bits per heavy atom. The summed E-state index contributed by atoms with van der Waals surface area (Å²) in [6.45, 7) is 3.61. The summed E-state index contributed by atoms with van der Waals surface area (Å²) in [6.07, 6.45) is 1.53. The maximum Gasteiger partial charge on any atom is 0.242 e. The van der Waals surface area contributed by atoms with Crippen LogP contribution in [0.15, 0.2) is 6.20 Å². The Balaban J connectivity index is 1.93. The van der Waals surface area contributed by atoms with Crippen LogP contribution in [0.5, 0.6) is 0 Å². The minimum atomic E-state index is -0.258. The number of morpholine rings is 1. The number of amides is 2. The molecule has 1 aliphatic heterocycles. The average molecular weight is 309 g/mol. The van der Waals surface area contributed by atoms with Crippen molar-refractivity contribution in [3.05, 3.63) is 17.7 Å². The van der Waals surface area contributed by atoms with Crippen LogP contribution in [-0.2, 0) is 20.9 Å². The van der Waals surface area contributed by atoms with Crippen molar-refractivity contribution in [2.75, 3.05) is 40.3 Å². The van der Waals surface area contributed by atoms with Crippen molar-refractivity contribution in [3.8, 4) is 0 Å². The van der Waals surface area contributed by atoms with Gasteiger partial charge in [0.15, 0.2) is 0 Å². The fraction of sp³-hybridized carbons (Fsp3) is 0.643. The SMILES string of the molecule is CC(=O)NCC(=O)N1CCO[C@@H](c2ncc(CN(C)C)[nH]2)C1. The molecule has 0 saturated carbocycles. The zero-order valence-corrected chi connectivity index (χ0v) is 13.3. The normalized spacial score (nSPS) is 18.5. The van der Waals surface area contributed by atoms with Crippen LogP contribution in [-0.4, -0.2) is 71.9 Å². The van der Waals surface area contributed by atoms with Gasteiger partial charge in [-0.3, -0.25) is 9.59 Å². The van der Waals surface area contributed by atoms with Crippen molar-refractivity contribution in [2.24, 2.45) is 0 Å². The van der Waals surface area contributed by atoms with Crippen LogP contribution < -0.4 is 5.32 Å². The lowest BCUT2D eigenvalue weighted by Crippen LogP contribution is -2.46. The monoisotopic (exact) mass is 309 g/mol. The number of carbonyl (C=O) groups excluding carboxylic acids is 2. The first kappa shape index (κ1) is 16.4. The molecule has 8 nitrogen and oxygen atoms in total. The molecule has 2 amide bonds. The predicted molar refractivity (Wildman–Crippen MR) is 79.9 cm³/mol. The topological polar surface area (TPSA) is 90.6 Å². The molecular formula is C14H23N5O3. The fourth-order valence-corrected chi connectivity index (χ4v) is 2.31. The lowest BCUT2D eigenvalue weighted by molar-refractivity contribution is -0.139. The van der Waals surface area contributed by atoms with Crippen LogP contribution >= 0.6 is 0 Å². The van der Waals surface area contributed by atoms with Gasteiger partial charge in [-0.1, -0.05) is 0 Å². The van der Waals surface area contributed by atoms with Crippen molar-refractivity contribution in [2.45, 2.75) is 19.6 Å². The van der Waals surface area contributed by atoms with Crippen LogP contribution in [0.25, 0.3) is 0 Å². The molecule has 0 unspecified atom stereocenters. The van der Waals surface area contributed by atoms with Gasteiger partial charge < -0.3 is 24.8 Å². The summed E-state index contributed by atoms with van der Waals surface area (Å²) in [5, 5.41) is 2.52. The number of imidazole rings is 1. The van der Waals surface area contributed by atoms with Gasteiger partial charge in [-0.05, 0) is 14.1 Å². The zero-order chi connectivity index (χ0) is 16.1. The maximum absolute atomic E-state index is 12.0. The second-order valence-electron chi connectivity index (χ2n) is 5.64. The standard InChI is InChI=1S/C14H23N5O3/c1-10(20)15-7-13(21)19-4-5-22-12(9-19)14-16-6-11(17-14)8-18(2)3/h6,12H,4-5,7-9H2,1-3H3,(H,15,20)(H,16,17)/t12-/m1/s1. The minimum absolute atomic E-state index is 0.0199. The number of aromatic amines is 1. The average Bonchev–Trinajstić information content (AvgIpc) is 2.92. The summed E-state index contributed by atoms with van der Waals surface area (Å²) < 4.78 is 5.70. The van der Waals surface area contributed by atoms with Crippen LogP contribution in [0.1, 0.15) is 24.5 Å². The van der Waals surface area contributed by atoms with Gasteiger partial charge in [-0.15, -0.1) is 0 Å². The third-order valence-electron chi connectivity index (χ3n) is 3.35. The van der Waals surface area contributed by atoms with Crippen LogP contribution in [0.4, 0.5) is 0 Å². The van der Waals surface area contributed by atoms with E-state index in [1.807, 2.05) is 19.0 Å². The highest BCUT2D eigenvalue weighted by atomic mass is 16.5. The molecule has 0 bridgehead atoms. The van der Waals surface area contributed by atoms with E-state index < -0.39 is 0 Å². The summed E-state index contributed by atoms with van der Waals surface area (Å²) in [5.74, 6) is 0.412. The van der Waals surface area contributed by atoms with E-state index in [-0.39, 0.29) is 24.5 Å². The van der Waals surface area contributed by atoms with E-state index in [9.17, 15) is 9.59 Å². The van der Waals surface area contributed by atoms with Crippen molar-refractivity contribution >= 4 is 11.8 Å². The molecule has 8 heteroatoms. The molecule has 1 aliphatic rings. The Morgan fingerprint density at radius 1 is 1.55 bits per heavy atom. The van der Waals surface area contributed by atoms with Crippen LogP contribution in [0, 0.1) is 0 Å². The summed E-state index contributed by atoms with van der Waals surface area (Å²) in [7, 11) is 3.97. The van der Waals surface area contributed by atoms with E-state index in [1.54, 1.807) is 11.1 Å². The quantitative estimate of drug-likeness (QED) is 0.766. The van der Waals surface area contributed by atoms with Crippen LogP contribution in [0.2, 0.25) is 0 Å². The molecular weight excluding hydrogens is 286 g/mol. The zero-order valence-electron chi connectivity index (χ0n) is 13.3. The smallest absolute Gasteiger partial charge is 0.242 e. The lowest BCUT2D eigenvalue weighted by atomic mass is 10.2. The largest absolute Gasteiger partial charge is 0.367 e. The number of nitrogens with one attached hydrogen (secondary N) is 2. The summed E-state index contributed by atoms with van der Waals surface area (Å²) in [4.78, 5) is 34.3. The Bertz CT molecular complexity index is 528. The third-order valence-corrected chi connectivity index (χ3v) is 3.35. The fourth-order valence-electron chi connectivity index (χ4n) is 2.31. The van der Waals surface area contributed by atoms with Crippen molar-refractivity contribution in [1.82, 2.24) is 25.1 Å². The van der Waals surface area contributed by atoms with Crippen molar-refractivity contribution < 1.29 is 14.3 Å². The Kier molecular flexibility index (Phi) is 5.51. The molecule has 2 heterocycles. The maximum atomic E-state index is 12.0. The summed E-state index contributed by atoms with van der Waals surface area (Å²) >= 11 is 0. The van der Waals surface area contributed by atoms with Crippen molar-refractivity contribution in [3.63, 3.8) is 0 Å². The van der Waals surface area contributed by atoms with Gasteiger partial charge in [0.1, 0.15) is 11.9 Å². The van der Waals surface area contributed by atoms with E-state index in [4.69, 9.17) is 4.74 Å². The number of nitrogens with zero attached hydrogens (tertiary/aromatic N) is 3. The first-order valence-corrected chi connectivity index (χ1v) is 7.28. The molecule has 122 valence electrons. The Hall–Kier alpha value is -1.93. The highest BCUT2D eigenvalue weighted by molar-refractivity contribution is 5.83. The number of ether oxygens (including phenoxy) is 1. The molecule has 0 radical (unpaired) electrons. The molecule has 1 atom stereocenters. The molecule has 0 spiro atoms. The lowest BCUT2D eigenvalue weighted by Gasteiger charge is -2.32. The van der Waals surface area contributed by atoms with E-state index in [0.717, 1.165) is 18.1 Å². The molecule has 1 aromatic rings. The number of hydrogen-bond acceptors (Lipinski definition) is 5. The molecule has 2 rings (SSSR count). The number of H-pyrrole nitrogens is 1. The highest BCUT2D eigenvalue weighted by Gasteiger charge is 2.27. The first-order valence-electron chi connectivity index (χ1n) is 7.28. The van der Waals surface area contributed by atoms with Gasteiger partial charge in [0, 0.05) is 31.9 Å². The molecule has 2 N–H and O–H groups in total. The Labute approximate surface area is 129 Å². The minimum Gasteiger partial charge on any atom is -0.367 e. The van der Waals surface area contributed by atoms with Gasteiger partial charge in [-0.25, -0.2) is 4.98 Å². The molecule has 1 saturated heterocycles. The van der Waals surface area contributed by atoms with Gasteiger partial charge in [0.05, 0.1) is 19.7 Å². The van der Waals surface area contributed by atoms with E-state index in [1.165, 1.54) is 6.92 Å². The molecule has 0 aliphatic carbocycles. The third kappa shape index (κ3) is 4.54. The van der Waals surface area contributed by atoms with Gasteiger partial charge in [-0.2, -0.15) is 0 Å². The van der Waals surface area contributed by atoms with E-state index >= 15 is 0 Å². The van der Waals surface area contributed by atoms with E-state index in [2.05, 4.69) is 15.3 Å². The van der Waals surface area contributed by atoms with Gasteiger partial charge in [0.25, 0.3) is 0 Å². The van der Waals surface area contributed by atoms with Crippen LogP contribution in [0.3, 0.4) is 0 Å². The molecule has 22 heavy (non-hydrogen) atoms. The second kappa shape index (κ2) is 7.37. The highest BCUT2D eigenvalue weighted by Crippen LogP contribution is 2.20. The van der Waals surface area contributed by atoms with Crippen molar-refractivity contribution in [1.29, 1.82) is 0 Å². The number of carbonyl (C=O) groups is 2. The first-order chi connectivity index (χ1) is 10.5. The number of hydrogen-bond donors (Lipinski definition) is 2. The number of rotatable bonds is 5. The number of aromatic nitrogens is 2.